The number of β-amino-alcohol motifs (C(OH)–C–C–N with tert-alkyl or cyclic N) is 1. The van der Waals surface area contributed by atoms with E-state index in [-0.39, 0.29) is 35.2 Å². The minimum absolute atomic E-state index is 0. The minimum atomic E-state index is -0.906. The maximum absolute atomic E-state index is 13.8. The van der Waals surface area contributed by atoms with Gasteiger partial charge in [0.15, 0.2) is 17.4 Å². The van der Waals surface area contributed by atoms with Gasteiger partial charge in [0.25, 0.3) is 0 Å². The highest BCUT2D eigenvalue weighted by Gasteiger charge is 2.27. The lowest BCUT2D eigenvalue weighted by Crippen LogP contribution is -2.41. The number of hydrogen-bond acceptors (Lipinski definition) is 4. The van der Waals surface area contributed by atoms with E-state index < -0.39 is 29.6 Å². The lowest BCUT2D eigenvalue weighted by atomic mass is 9.87. The molecule has 0 aliphatic carbocycles. The molecule has 30 heavy (non-hydrogen) atoms. The normalized spacial score (nSPS) is 17.3. The van der Waals surface area contributed by atoms with Gasteiger partial charge in [-0.1, -0.05) is 28.1 Å². The number of ether oxygens (including phenoxy) is 1. The molecule has 1 aliphatic heterocycles. The zero-order valence-corrected chi connectivity index (χ0v) is 18.5. The van der Waals surface area contributed by atoms with Crippen molar-refractivity contribution in [3.05, 3.63) is 63.9 Å². The van der Waals surface area contributed by atoms with Crippen LogP contribution in [0.15, 0.2) is 40.9 Å². The topological polar surface area (TPSA) is 52.9 Å². The molecule has 0 saturated carbocycles. The van der Waals surface area contributed by atoms with Gasteiger partial charge in [-0.05, 0) is 61.7 Å². The van der Waals surface area contributed by atoms with Gasteiger partial charge in [0.2, 0.25) is 0 Å². The van der Waals surface area contributed by atoms with Crippen LogP contribution in [0.3, 0.4) is 0 Å². The second-order valence-corrected chi connectivity index (χ2v) is 8.21. The summed E-state index contributed by atoms with van der Waals surface area (Å²) in [5, 5.41) is 20.7. The molecule has 4 nitrogen and oxygen atoms in total. The van der Waals surface area contributed by atoms with E-state index in [4.69, 9.17) is 4.74 Å². The predicted molar refractivity (Wildman–Crippen MR) is 113 cm³/mol. The fourth-order valence-electron chi connectivity index (χ4n) is 3.58. The molecule has 1 fully saturated rings. The van der Waals surface area contributed by atoms with Gasteiger partial charge in [-0.2, -0.15) is 0 Å². The fourth-order valence-corrected chi connectivity index (χ4v) is 3.98. The SMILES string of the molecule is Cl.OC(COc1c(F)cc(Br)cc1F)CN1CCC(C(O)c2ccc(F)cc2)CC1. The largest absolute Gasteiger partial charge is 0.485 e. The molecule has 1 aliphatic rings. The molecule has 166 valence electrons. The monoisotopic (exact) mass is 509 g/mol. The number of rotatable bonds is 7. The van der Waals surface area contributed by atoms with Crippen molar-refractivity contribution in [1.82, 2.24) is 4.90 Å². The summed E-state index contributed by atoms with van der Waals surface area (Å²) in [6, 6.07) is 8.05. The summed E-state index contributed by atoms with van der Waals surface area (Å²) < 4.78 is 46.0. The molecule has 3 rings (SSSR count). The van der Waals surface area contributed by atoms with Gasteiger partial charge < -0.3 is 19.8 Å². The van der Waals surface area contributed by atoms with Crippen LogP contribution < -0.4 is 4.74 Å². The molecule has 2 unspecified atom stereocenters. The summed E-state index contributed by atoms with van der Waals surface area (Å²) in [6.45, 7) is 1.41. The van der Waals surface area contributed by atoms with Gasteiger partial charge in [0.05, 0.1) is 6.10 Å². The Morgan fingerprint density at radius 2 is 1.60 bits per heavy atom. The quantitative estimate of drug-likeness (QED) is 0.577. The number of aliphatic hydroxyl groups is 2. The van der Waals surface area contributed by atoms with Crippen molar-refractivity contribution in [1.29, 1.82) is 0 Å². The summed E-state index contributed by atoms with van der Waals surface area (Å²) >= 11 is 3.00. The van der Waals surface area contributed by atoms with Crippen molar-refractivity contribution in [2.45, 2.75) is 25.0 Å². The zero-order valence-electron chi connectivity index (χ0n) is 16.1. The second kappa shape index (κ2) is 11.3. The number of halogens is 5. The first kappa shape index (κ1) is 24.9. The van der Waals surface area contributed by atoms with Gasteiger partial charge in [-0.3, -0.25) is 0 Å². The number of nitrogens with zero attached hydrogens (tertiary/aromatic N) is 1. The molecule has 2 aromatic carbocycles. The first-order chi connectivity index (χ1) is 13.8. The number of likely N-dealkylation sites (tertiary alicyclic amines) is 1. The third-order valence-corrected chi connectivity index (χ3v) is 5.60. The maximum Gasteiger partial charge on any atom is 0.190 e. The van der Waals surface area contributed by atoms with E-state index in [0.29, 0.717) is 25.2 Å². The molecule has 9 heteroatoms. The molecule has 0 radical (unpaired) electrons. The van der Waals surface area contributed by atoms with Crippen LogP contribution in [0.4, 0.5) is 13.2 Å². The highest BCUT2D eigenvalue weighted by atomic mass is 79.9. The van der Waals surface area contributed by atoms with Crippen molar-refractivity contribution < 1.29 is 28.1 Å². The smallest absolute Gasteiger partial charge is 0.190 e. The highest BCUT2D eigenvalue weighted by Crippen LogP contribution is 2.31. The summed E-state index contributed by atoms with van der Waals surface area (Å²) in [4.78, 5) is 2.02. The van der Waals surface area contributed by atoms with Crippen molar-refractivity contribution in [2.75, 3.05) is 26.2 Å². The number of hydrogen-bond donors (Lipinski definition) is 2. The van der Waals surface area contributed by atoms with Crippen LogP contribution in [-0.2, 0) is 0 Å². The summed E-state index contributed by atoms with van der Waals surface area (Å²) in [7, 11) is 0. The number of aliphatic hydroxyl groups excluding tert-OH is 2. The standard InChI is InChI=1S/C21H23BrF3NO3.ClH/c22-15-9-18(24)21(19(25)10-15)29-12-17(27)11-26-7-5-14(6-8-26)20(28)13-1-3-16(23)4-2-13;/h1-4,9-10,14,17,20,27-28H,5-8,11-12H2;1H. The number of piperidine rings is 1. The molecule has 2 N–H and O–H groups in total. The van der Waals surface area contributed by atoms with E-state index in [0.717, 1.165) is 25.0 Å². The summed E-state index contributed by atoms with van der Waals surface area (Å²) in [6.07, 6.45) is -0.116. The third kappa shape index (κ3) is 6.59. The second-order valence-electron chi connectivity index (χ2n) is 7.30. The Labute approximate surface area is 188 Å². The van der Waals surface area contributed by atoms with Gasteiger partial charge in [-0.25, -0.2) is 13.2 Å². The van der Waals surface area contributed by atoms with E-state index in [9.17, 15) is 23.4 Å². The molecule has 1 saturated heterocycles. The van der Waals surface area contributed by atoms with Crippen molar-refractivity contribution in [2.24, 2.45) is 5.92 Å². The Morgan fingerprint density at radius 1 is 1.03 bits per heavy atom. The lowest BCUT2D eigenvalue weighted by molar-refractivity contribution is 0.0268. The lowest BCUT2D eigenvalue weighted by Gasteiger charge is -2.35. The number of benzene rings is 2. The van der Waals surface area contributed by atoms with Crippen LogP contribution >= 0.6 is 28.3 Å². The average Bonchev–Trinajstić information content (AvgIpc) is 2.68. The Morgan fingerprint density at radius 3 is 2.17 bits per heavy atom. The van der Waals surface area contributed by atoms with Gasteiger partial charge in [-0.15, -0.1) is 12.4 Å². The van der Waals surface area contributed by atoms with Crippen molar-refractivity contribution in [3.63, 3.8) is 0 Å². The Bertz CT molecular complexity index is 797. The predicted octanol–water partition coefficient (Wildman–Crippen LogP) is 4.47. The van der Waals surface area contributed by atoms with E-state index >= 15 is 0 Å². The Hall–Kier alpha value is -1.32. The van der Waals surface area contributed by atoms with Crippen LogP contribution in [0, 0.1) is 23.4 Å². The van der Waals surface area contributed by atoms with Gasteiger partial charge in [0.1, 0.15) is 18.5 Å². The Balaban J connectivity index is 0.00000320. The molecular weight excluding hydrogens is 487 g/mol. The molecule has 2 atom stereocenters. The van der Waals surface area contributed by atoms with Gasteiger partial charge in [0, 0.05) is 11.0 Å². The maximum atomic E-state index is 13.8. The first-order valence-electron chi connectivity index (χ1n) is 9.44. The molecule has 0 bridgehead atoms. The van der Waals surface area contributed by atoms with Crippen molar-refractivity contribution in [3.8, 4) is 5.75 Å². The van der Waals surface area contributed by atoms with E-state index in [1.807, 2.05) is 4.90 Å². The van der Waals surface area contributed by atoms with E-state index in [1.54, 1.807) is 12.1 Å². The molecule has 0 aromatic heterocycles. The van der Waals surface area contributed by atoms with Crippen LogP contribution in [0.1, 0.15) is 24.5 Å². The van der Waals surface area contributed by atoms with Gasteiger partial charge >= 0.3 is 0 Å². The van der Waals surface area contributed by atoms with Crippen LogP contribution in [0.25, 0.3) is 0 Å². The third-order valence-electron chi connectivity index (χ3n) is 5.14. The summed E-state index contributed by atoms with van der Waals surface area (Å²) in [5.41, 5.74) is 0.692. The average molecular weight is 511 g/mol. The summed E-state index contributed by atoms with van der Waals surface area (Å²) in [5.74, 6) is -2.46. The van der Waals surface area contributed by atoms with E-state index in [1.165, 1.54) is 12.1 Å². The van der Waals surface area contributed by atoms with Crippen LogP contribution in [-0.4, -0.2) is 47.5 Å². The molecular formula is C21H24BrClF3NO3. The Kier molecular flexibility index (Phi) is 9.43. The van der Waals surface area contributed by atoms with E-state index in [2.05, 4.69) is 15.9 Å². The van der Waals surface area contributed by atoms with Crippen LogP contribution in [0.2, 0.25) is 0 Å². The first-order valence-corrected chi connectivity index (χ1v) is 10.2. The molecule has 1 heterocycles. The molecule has 0 amide bonds. The zero-order chi connectivity index (χ0) is 21.0. The van der Waals surface area contributed by atoms with Crippen molar-refractivity contribution >= 4 is 28.3 Å². The molecule has 0 spiro atoms. The fraction of sp³-hybridized carbons (Fsp3) is 0.429. The van der Waals surface area contributed by atoms with Crippen LogP contribution in [0.5, 0.6) is 5.75 Å². The molecule has 2 aromatic rings. The highest BCUT2D eigenvalue weighted by molar-refractivity contribution is 9.10. The minimum Gasteiger partial charge on any atom is -0.485 e.